The van der Waals surface area contributed by atoms with Crippen molar-refractivity contribution >= 4 is 17.7 Å². The minimum atomic E-state index is -0.512. The van der Waals surface area contributed by atoms with E-state index in [-0.39, 0.29) is 30.1 Å². The van der Waals surface area contributed by atoms with Crippen LogP contribution in [-0.2, 0) is 11.3 Å². The van der Waals surface area contributed by atoms with E-state index in [1.807, 2.05) is 60.6 Å². The predicted molar refractivity (Wildman–Crippen MR) is 152 cm³/mol. The van der Waals surface area contributed by atoms with Gasteiger partial charge in [-0.25, -0.2) is 4.79 Å². The molecule has 1 saturated carbocycles. The van der Waals surface area contributed by atoms with E-state index in [0.717, 1.165) is 60.3 Å². The number of aromatic nitrogens is 1. The van der Waals surface area contributed by atoms with Gasteiger partial charge in [0.25, 0.3) is 11.5 Å². The van der Waals surface area contributed by atoms with E-state index in [0.29, 0.717) is 17.2 Å². The molecule has 1 aliphatic carbocycles. The van der Waals surface area contributed by atoms with Crippen molar-refractivity contribution in [2.24, 2.45) is 0 Å². The maximum Gasteiger partial charge on any atom is 0.407 e. The number of ether oxygens (including phenoxy) is 1. The van der Waals surface area contributed by atoms with E-state index in [2.05, 4.69) is 33.5 Å². The topological polar surface area (TPSA) is 104 Å². The quantitative estimate of drug-likeness (QED) is 0.462. The number of alkyl carbamates (subject to hydrolysis) is 1. The lowest BCUT2D eigenvalue weighted by molar-refractivity contribution is 0.0491. The molecule has 0 saturated heterocycles. The van der Waals surface area contributed by atoms with Crippen LogP contribution >= 0.6 is 0 Å². The molecule has 3 rings (SSSR count). The minimum absolute atomic E-state index is 0.105. The minimum Gasteiger partial charge on any atom is -0.444 e. The summed E-state index contributed by atoms with van der Waals surface area (Å²) in [7, 11) is 0. The maximum absolute atomic E-state index is 13.3. The van der Waals surface area contributed by atoms with Gasteiger partial charge in [0.05, 0.1) is 0 Å². The first-order chi connectivity index (χ1) is 17.8. The molecule has 1 aliphatic rings. The highest BCUT2D eigenvalue weighted by molar-refractivity contribution is 5.97. The molecular weight excluding hydrogens is 480 g/mol. The summed E-state index contributed by atoms with van der Waals surface area (Å²) in [5, 5.41) is 5.98. The number of hydrogen-bond acceptors (Lipinski definition) is 5. The Balaban J connectivity index is 1.71. The zero-order chi connectivity index (χ0) is 28.2. The van der Waals surface area contributed by atoms with Crippen molar-refractivity contribution in [2.75, 3.05) is 11.4 Å². The summed E-state index contributed by atoms with van der Waals surface area (Å²) in [5.41, 5.74) is 5.18. The van der Waals surface area contributed by atoms with Crippen LogP contribution in [0.1, 0.15) is 91.7 Å². The summed E-state index contributed by atoms with van der Waals surface area (Å²) < 4.78 is 5.42. The van der Waals surface area contributed by atoms with E-state index < -0.39 is 5.60 Å². The summed E-state index contributed by atoms with van der Waals surface area (Å²) >= 11 is 0. The lowest BCUT2D eigenvalue weighted by Gasteiger charge is -2.39. The van der Waals surface area contributed by atoms with Crippen LogP contribution in [-0.4, -0.2) is 41.2 Å². The molecule has 0 unspecified atom stereocenters. The van der Waals surface area contributed by atoms with E-state index in [4.69, 9.17) is 4.74 Å². The number of aryl methyl sites for hydroxylation is 3. The van der Waals surface area contributed by atoms with Crippen molar-refractivity contribution < 1.29 is 14.3 Å². The van der Waals surface area contributed by atoms with Gasteiger partial charge in [0.2, 0.25) is 0 Å². The highest BCUT2D eigenvalue weighted by atomic mass is 16.6. The molecule has 8 nitrogen and oxygen atoms in total. The van der Waals surface area contributed by atoms with Gasteiger partial charge in [0, 0.05) is 47.7 Å². The molecule has 1 heterocycles. The fourth-order valence-electron chi connectivity index (χ4n) is 5.37. The number of pyridine rings is 1. The molecule has 0 aliphatic heterocycles. The molecule has 1 aromatic heterocycles. The van der Waals surface area contributed by atoms with E-state index in [1.54, 1.807) is 0 Å². The number of rotatable bonds is 7. The smallest absolute Gasteiger partial charge is 0.407 e. The van der Waals surface area contributed by atoms with Gasteiger partial charge < -0.3 is 25.3 Å². The Morgan fingerprint density at radius 3 is 2.29 bits per heavy atom. The maximum atomic E-state index is 13.3. The predicted octanol–water partition coefficient (Wildman–Crippen LogP) is 5.20. The number of carbonyl (C=O) groups is 2. The molecule has 0 bridgehead atoms. The van der Waals surface area contributed by atoms with Crippen LogP contribution in [0.4, 0.5) is 10.5 Å². The fourth-order valence-corrected chi connectivity index (χ4v) is 5.37. The van der Waals surface area contributed by atoms with Gasteiger partial charge >= 0.3 is 6.09 Å². The zero-order valence-electron chi connectivity index (χ0n) is 24.2. The number of carbonyl (C=O) groups excluding carboxylic acids is 2. The zero-order valence-corrected chi connectivity index (χ0v) is 24.2. The molecule has 0 atom stereocenters. The molecule has 1 aromatic carbocycles. The second kappa shape index (κ2) is 12.0. The third-order valence-corrected chi connectivity index (χ3v) is 7.20. The molecule has 0 spiro atoms. The average Bonchev–Trinajstić information content (AvgIpc) is 2.80. The number of H-pyrrole nitrogens is 1. The third-order valence-electron chi connectivity index (χ3n) is 7.20. The first-order valence-corrected chi connectivity index (χ1v) is 13.6. The van der Waals surface area contributed by atoms with Crippen LogP contribution in [0.2, 0.25) is 0 Å². The van der Waals surface area contributed by atoms with Crippen LogP contribution in [0.3, 0.4) is 0 Å². The molecular formula is C30H44N4O4. The molecule has 208 valence electrons. The van der Waals surface area contributed by atoms with Crippen molar-refractivity contribution in [3.8, 4) is 0 Å². The van der Waals surface area contributed by atoms with Crippen LogP contribution in [0, 0.1) is 27.7 Å². The Bertz CT molecular complexity index is 1220. The lowest BCUT2D eigenvalue weighted by Crippen LogP contribution is -2.45. The Morgan fingerprint density at radius 1 is 1.05 bits per heavy atom. The van der Waals surface area contributed by atoms with Crippen LogP contribution in [0.5, 0.6) is 0 Å². The summed E-state index contributed by atoms with van der Waals surface area (Å²) in [5.74, 6) is -0.187. The molecule has 2 amide bonds. The standard InChI is InChI=1S/C30H44N4O4/c1-9-34(23-12-10-22(11-13-23)33-29(37)38-30(6,7)8)26-15-18(2)14-24(21(26)5)27(35)31-17-25-19(3)16-20(4)32-28(25)36/h14-16,22-23H,9-13,17H2,1-8H3,(H,31,35)(H,32,36)(H,33,37)/t22-,23-. The summed E-state index contributed by atoms with van der Waals surface area (Å²) in [6.07, 6.45) is 3.28. The highest BCUT2D eigenvalue weighted by Gasteiger charge is 2.29. The third kappa shape index (κ3) is 7.39. The van der Waals surface area contributed by atoms with Gasteiger partial charge in [-0.15, -0.1) is 0 Å². The Kier molecular flexibility index (Phi) is 9.28. The first-order valence-electron chi connectivity index (χ1n) is 13.6. The summed E-state index contributed by atoms with van der Waals surface area (Å²) in [6, 6.07) is 6.40. The Hall–Kier alpha value is -3.29. The van der Waals surface area contributed by atoms with Crippen molar-refractivity contribution in [3.05, 3.63) is 62.1 Å². The number of anilines is 1. The van der Waals surface area contributed by atoms with Crippen molar-refractivity contribution in [1.29, 1.82) is 0 Å². The van der Waals surface area contributed by atoms with Crippen LogP contribution in [0.15, 0.2) is 23.0 Å². The molecule has 2 aromatic rings. The largest absolute Gasteiger partial charge is 0.444 e. The molecule has 1 fully saturated rings. The van der Waals surface area contributed by atoms with Crippen molar-refractivity contribution in [3.63, 3.8) is 0 Å². The van der Waals surface area contributed by atoms with Crippen molar-refractivity contribution in [2.45, 2.75) is 105 Å². The average molecular weight is 525 g/mol. The van der Waals surface area contributed by atoms with Gasteiger partial charge in [0.15, 0.2) is 0 Å². The van der Waals surface area contributed by atoms with Gasteiger partial charge in [-0.05, 0) is 116 Å². The molecule has 8 heteroatoms. The number of benzene rings is 1. The van der Waals surface area contributed by atoms with E-state index in [1.165, 1.54) is 0 Å². The SMILES string of the molecule is CCN(c1cc(C)cc(C(=O)NCc2c(C)cc(C)[nH]c2=O)c1C)[C@H]1CC[C@H](NC(=O)OC(C)(C)C)CC1. The number of hydrogen-bond donors (Lipinski definition) is 3. The Labute approximate surface area is 226 Å². The molecule has 3 N–H and O–H groups in total. The van der Waals surface area contributed by atoms with Crippen LogP contribution in [0.25, 0.3) is 0 Å². The number of amides is 2. The number of nitrogens with one attached hydrogen (secondary N) is 3. The van der Waals surface area contributed by atoms with E-state index in [9.17, 15) is 14.4 Å². The fraction of sp³-hybridized carbons (Fsp3) is 0.567. The second-order valence-electron chi connectivity index (χ2n) is 11.5. The summed E-state index contributed by atoms with van der Waals surface area (Å²) in [6.45, 7) is 16.5. The second-order valence-corrected chi connectivity index (χ2v) is 11.5. The van der Waals surface area contributed by atoms with Gasteiger partial charge in [0.1, 0.15) is 5.60 Å². The van der Waals surface area contributed by atoms with Crippen LogP contribution < -0.4 is 21.1 Å². The Morgan fingerprint density at radius 2 is 1.71 bits per heavy atom. The lowest BCUT2D eigenvalue weighted by atomic mass is 9.89. The number of aromatic amines is 1. The summed E-state index contributed by atoms with van der Waals surface area (Å²) in [4.78, 5) is 43.1. The van der Waals surface area contributed by atoms with Gasteiger partial charge in [-0.1, -0.05) is 0 Å². The highest BCUT2D eigenvalue weighted by Crippen LogP contribution is 2.32. The normalized spacial score (nSPS) is 17.6. The van der Waals surface area contributed by atoms with Gasteiger partial charge in [-0.3, -0.25) is 9.59 Å². The molecule has 38 heavy (non-hydrogen) atoms. The van der Waals surface area contributed by atoms with E-state index >= 15 is 0 Å². The van der Waals surface area contributed by atoms with Crippen molar-refractivity contribution in [1.82, 2.24) is 15.6 Å². The number of nitrogens with zero attached hydrogens (tertiary/aromatic N) is 1. The van der Waals surface area contributed by atoms with Gasteiger partial charge in [-0.2, -0.15) is 0 Å². The monoisotopic (exact) mass is 524 g/mol. The first kappa shape index (κ1) is 29.3. The molecule has 0 radical (unpaired) electrons.